The predicted molar refractivity (Wildman–Crippen MR) is 89.3 cm³/mol. The number of amides is 1. The van der Waals surface area contributed by atoms with E-state index in [1.165, 1.54) is 24.3 Å². The number of nitrogens with one attached hydrogen (secondary N) is 1. The quantitative estimate of drug-likeness (QED) is 0.745. The number of carbonyl (C=O) groups is 1. The molecule has 0 bridgehead atoms. The molecule has 1 aromatic heterocycles. The summed E-state index contributed by atoms with van der Waals surface area (Å²) in [5.41, 5.74) is 0.597. The van der Waals surface area contributed by atoms with Crippen LogP contribution in [0.5, 0.6) is 5.75 Å². The molecule has 0 saturated carbocycles. The van der Waals surface area contributed by atoms with Gasteiger partial charge in [0.25, 0.3) is 5.91 Å². The van der Waals surface area contributed by atoms with E-state index in [0.29, 0.717) is 21.8 Å². The third-order valence-corrected chi connectivity index (χ3v) is 4.28. The van der Waals surface area contributed by atoms with Crippen LogP contribution in [0.2, 0.25) is 0 Å². The van der Waals surface area contributed by atoms with Crippen LogP contribution in [0.25, 0.3) is 10.2 Å². The highest BCUT2D eigenvalue weighted by molar-refractivity contribution is 7.22. The average Bonchev–Trinajstić information content (AvgIpc) is 2.95. The van der Waals surface area contributed by atoms with Gasteiger partial charge in [0.2, 0.25) is 0 Å². The second-order valence-corrected chi connectivity index (χ2v) is 6.10. The minimum Gasteiger partial charge on any atom is -0.478 e. The normalized spacial score (nSPS) is 12.1. The highest BCUT2D eigenvalue weighted by atomic mass is 32.1. The van der Waals surface area contributed by atoms with Gasteiger partial charge in [-0.1, -0.05) is 30.4 Å². The van der Waals surface area contributed by atoms with Gasteiger partial charge in [-0.05, 0) is 36.8 Å². The van der Waals surface area contributed by atoms with Crippen molar-refractivity contribution in [1.29, 1.82) is 0 Å². The van der Waals surface area contributed by atoms with Gasteiger partial charge in [-0.2, -0.15) is 0 Å². The number of fused-ring (bicyclic) bond motifs is 1. The third-order valence-electron chi connectivity index (χ3n) is 3.35. The van der Waals surface area contributed by atoms with E-state index in [0.717, 1.165) is 11.3 Å². The molecular weight excluding hydrogens is 334 g/mol. The number of carbonyl (C=O) groups excluding carboxylic acids is 1. The van der Waals surface area contributed by atoms with Crippen molar-refractivity contribution in [1.82, 2.24) is 4.98 Å². The second-order valence-electron chi connectivity index (χ2n) is 5.07. The number of aromatic nitrogens is 1. The SMILES string of the molecule is CCC(Oc1ccccc1F)C(=O)Nc1nc2ccc(F)cc2s1. The number of para-hydroxylation sites is 1. The van der Waals surface area contributed by atoms with Crippen molar-refractivity contribution in [3.8, 4) is 5.75 Å². The minimum atomic E-state index is -0.856. The molecule has 0 aliphatic heterocycles. The average molecular weight is 348 g/mol. The Labute approximate surface area is 141 Å². The first-order valence-corrected chi connectivity index (χ1v) is 8.16. The predicted octanol–water partition coefficient (Wildman–Crippen LogP) is 4.37. The van der Waals surface area contributed by atoms with Gasteiger partial charge < -0.3 is 4.74 Å². The molecule has 2 aromatic carbocycles. The number of rotatable bonds is 5. The topological polar surface area (TPSA) is 51.2 Å². The molecule has 0 radical (unpaired) electrons. The Hall–Kier alpha value is -2.54. The molecule has 1 unspecified atom stereocenters. The van der Waals surface area contributed by atoms with E-state index in [-0.39, 0.29) is 11.6 Å². The van der Waals surface area contributed by atoms with E-state index >= 15 is 0 Å². The van der Waals surface area contributed by atoms with Crippen molar-refractivity contribution in [2.75, 3.05) is 5.32 Å². The van der Waals surface area contributed by atoms with Gasteiger partial charge in [-0.3, -0.25) is 10.1 Å². The molecule has 1 heterocycles. The lowest BCUT2D eigenvalue weighted by Gasteiger charge is -2.16. The van der Waals surface area contributed by atoms with E-state index in [1.54, 1.807) is 25.1 Å². The van der Waals surface area contributed by atoms with Gasteiger partial charge >= 0.3 is 0 Å². The van der Waals surface area contributed by atoms with Gasteiger partial charge in [0.15, 0.2) is 22.8 Å². The van der Waals surface area contributed by atoms with E-state index < -0.39 is 17.8 Å². The van der Waals surface area contributed by atoms with Crippen LogP contribution in [0.3, 0.4) is 0 Å². The number of ether oxygens (including phenoxy) is 1. The molecule has 0 aliphatic carbocycles. The van der Waals surface area contributed by atoms with Crippen molar-refractivity contribution in [3.05, 3.63) is 54.1 Å². The van der Waals surface area contributed by atoms with Crippen molar-refractivity contribution < 1.29 is 18.3 Å². The zero-order valence-corrected chi connectivity index (χ0v) is 13.6. The summed E-state index contributed by atoms with van der Waals surface area (Å²) in [6.07, 6.45) is -0.495. The van der Waals surface area contributed by atoms with Crippen LogP contribution < -0.4 is 10.1 Å². The summed E-state index contributed by atoms with van der Waals surface area (Å²) >= 11 is 1.16. The summed E-state index contributed by atoms with van der Waals surface area (Å²) in [5, 5.41) is 2.98. The summed E-state index contributed by atoms with van der Waals surface area (Å²) in [6.45, 7) is 1.76. The minimum absolute atomic E-state index is 0.0193. The highest BCUT2D eigenvalue weighted by Crippen LogP contribution is 2.27. The van der Waals surface area contributed by atoms with Crippen LogP contribution in [0.4, 0.5) is 13.9 Å². The summed E-state index contributed by atoms with van der Waals surface area (Å²) in [4.78, 5) is 16.6. The monoisotopic (exact) mass is 348 g/mol. The van der Waals surface area contributed by atoms with Crippen molar-refractivity contribution in [2.24, 2.45) is 0 Å². The highest BCUT2D eigenvalue weighted by Gasteiger charge is 2.21. The number of nitrogens with zero attached hydrogens (tertiary/aromatic N) is 1. The Kier molecular flexibility index (Phi) is 4.71. The molecule has 0 aliphatic rings. The molecule has 7 heteroatoms. The fraction of sp³-hybridized carbons (Fsp3) is 0.176. The molecule has 0 spiro atoms. The van der Waals surface area contributed by atoms with Gasteiger partial charge in [0.05, 0.1) is 10.2 Å². The van der Waals surface area contributed by atoms with Crippen molar-refractivity contribution >= 4 is 32.6 Å². The standard InChI is InChI=1S/C17H14F2N2O2S/c1-2-13(23-14-6-4-3-5-11(14)19)16(22)21-17-20-12-8-7-10(18)9-15(12)24-17/h3-9,13H,2H2,1H3,(H,20,21,22). The molecule has 1 N–H and O–H groups in total. The van der Waals surface area contributed by atoms with E-state index in [9.17, 15) is 13.6 Å². The number of benzene rings is 2. The first-order chi connectivity index (χ1) is 11.6. The van der Waals surface area contributed by atoms with Gasteiger partial charge in [-0.15, -0.1) is 0 Å². The molecule has 1 amide bonds. The van der Waals surface area contributed by atoms with Crippen molar-refractivity contribution in [2.45, 2.75) is 19.4 Å². The van der Waals surface area contributed by atoms with Gasteiger partial charge in [-0.25, -0.2) is 13.8 Å². The first kappa shape index (κ1) is 16.3. The Bertz CT molecular complexity index is 882. The number of hydrogen-bond acceptors (Lipinski definition) is 4. The maximum Gasteiger partial charge on any atom is 0.267 e. The largest absolute Gasteiger partial charge is 0.478 e. The van der Waals surface area contributed by atoms with Crippen LogP contribution in [0.15, 0.2) is 42.5 Å². The van der Waals surface area contributed by atoms with Crippen LogP contribution in [-0.2, 0) is 4.79 Å². The molecule has 1 atom stereocenters. The van der Waals surface area contributed by atoms with Crippen molar-refractivity contribution in [3.63, 3.8) is 0 Å². The Morgan fingerprint density at radius 2 is 2.08 bits per heavy atom. The lowest BCUT2D eigenvalue weighted by Crippen LogP contribution is -2.32. The molecule has 24 heavy (non-hydrogen) atoms. The smallest absolute Gasteiger partial charge is 0.267 e. The summed E-state index contributed by atoms with van der Waals surface area (Å²) in [6, 6.07) is 10.1. The zero-order chi connectivity index (χ0) is 17.1. The Morgan fingerprint density at radius 1 is 1.29 bits per heavy atom. The van der Waals surface area contributed by atoms with Crippen LogP contribution >= 0.6 is 11.3 Å². The molecular formula is C17H14F2N2O2S. The maximum atomic E-state index is 13.7. The lowest BCUT2D eigenvalue weighted by molar-refractivity contribution is -0.122. The molecule has 124 valence electrons. The first-order valence-electron chi connectivity index (χ1n) is 7.35. The Morgan fingerprint density at radius 3 is 2.83 bits per heavy atom. The van der Waals surface area contributed by atoms with Crippen LogP contribution in [0.1, 0.15) is 13.3 Å². The number of anilines is 1. The summed E-state index contributed by atoms with van der Waals surface area (Å²) < 4.78 is 32.9. The second kappa shape index (κ2) is 6.92. The molecule has 0 fully saturated rings. The Balaban J connectivity index is 1.75. The summed E-state index contributed by atoms with van der Waals surface area (Å²) in [7, 11) is 0. The number of thiazole rings is 1. The molecule has 3 aromatic rings. The number of hydrogen-bond donors (Lipinski definition) is 1. The van der Waals surface area contributed by atoms with E-state index in [1.807, 2.05) is 0 Å². The van der Waals surface area contributed by atoms with Gasteiger partial charge in [0, 0.05) is 0 Å². The van der Waals surface area contributed by atoms with E-state index in [4.69, 9.17) is 4.74 Å². The third kappa shape index (κ3) is 3.51. The molecule has 4 nitrogen and oxygen atoms in total. The van der Waals surface area contributed by atoms with Crippen LogP contribution in [0, 0.1) is 11.6 Å². The molecule has 3 rings (SSSR count). The maximum absolute atomic E-state index is 13.7. The fourth-order valence-corrected chi connectivity index (χ4v) is 3.05. The molecule has 0 saturated heterocycles. The fourth-order valence-electron chi connectivity index (χ4n) is 2.15. The van der Waals surface area contributed by atoms with Crippen LogP contribution in [-0.4, -0.2) is 17.0 Å². The lowest BCUT2D eigenvalue weighted by atomic mass is 10.2. The zero-order valence-electron chi connectivity index (χ0n) is 12.8. The summed E-state index contributed by atoms with van der Waals surface area (Å²) in [5.74, 6) is -1.30. The van der Waals surface area contributed by atoms with E-state index in [2.05, 4.69) is 10.3 Å². The number of halogens is 2. The van der Waals surface area contributed by atoms with Gasteiger partial charge in [0.1, 0.15) is 5.82 Å².